The molecule has 0 aliphatic rings. The number of nitro benzene ring substituents is 1. The van der Waals surface area contributed by atoms with E-state index in [1.807, 2.05) is 0 Å². The zero-order valence-electron chi connectivity index (χ0n) is 9.26. The van der Waals surface area contributed by atoms with Crippen LogP contribution in [0.25, 0.3) is 0 Å². The first-order valence-electron chi connectivity index (χ1n) is 5.12. The summed E-state index contributed by atoms with van der Waals surface area (Å²) < 4.78 is 0. The number of hydrogen-bond donors (Lipinski definition) is 0. The molecular weight excluding hydrogens is 234 g/mol. The maximum absolute atomic E-state index is 11.1. The fourth-order valence-corrected chi connectivity index (χ4v) is 1.50. The second-order valence-electron chi connectivity index (χ2n) is 3.44. The summed E-state index contributed by atoms with van der Waals surface area (Å²) in [6, 6.07) is 10.9. The summed E-state index contributed by atoms with van der Waals surface area (Å²) in [4.78, 5) is 26.5. The van der Waals surface area contributed by atoms with Crippen LogP contribution in [0.2, 0.25) is 0 Å². The zero-order valence-corrected chi connectivity index (χ0v) is 9.26. The Hall–Kier alpha value is -2.76. The van der Waals surface area contributed by atoms with Gasteiger partial charge in [-0.25, -0.2) is 4.98 Å². The van der Waals surface area contributed by atoms with Crippen molar-refractivity contribution >= 4 is 23.6 Å². The molecule has 18 heavy (non-hydrogen) atoms. The van der Waals surface area contributed by atoms with Crippen LogP contribution < -0.4 is 4.90 Å². The Balaban J connectivity index is 2.42. The van der Waals surface area contributed by atoms with Crippen LogP contribution >= 0.6 is 0 Å². The number of hydrogen-bond acceptors (Lipinski definition) is 4. The van der Waals surface area contributed by atoms with E-state index in [9.17, 15) is 14.9 Å². The third kappa shape index (κ3) is 2.32. The highest BCUT2D eigenvalue weighted by molar-refractivity contribution is 5.85. The van der Waals surface area contributed by atoms with Crippen molar-refractivity contribution in [2.45, 2.75) is 0 Å². The summed E-state index contributed by atoms with van der Waals surface area (Å²) in [5.74, 6) is 0.410. The van der Waals surface area contributed by atoms with Gasteiger partial charge in [-0.1, -0.05) is 12.1 Å². The normalized spacial score (nSPS) is 9.78. The molecule has 0 aliphatic carbocycles. The third-order valence-electron chi connectivity index (χ3n) is 2.32. The van der Waals surface area contributed by atoms with Gasteiger partial charge in [0.05, 0.1) is 10.6 Å². The molecule has 1 aromatic carbocycles. The minimum absolute atomic E-state index is 0.0738. The summed E-state index contributed by atoms with van der Waals surface area (Å²) >= 11 is 0. The van der Waals surface area contributed by atoms with Crippen LogP contribution in [-0.2, 0) is 4.79 Å². The summed E-state index contributed by atoms with van der Waals surface area (Å²) in [7, 11) is 0. The maximum atomic E-state index is 11.1. The number of nitro groups is 1. The number of pyridine rings is 1. The van der Waals surface area contributed by atoms with Gasteiger partial charge in [0.2, 0.25) is 6.41 Å². The Kier molecular flexibility index (Phi) is 3.29. The van der Waals surface area contributed by atoms with Gasteiger partial charge in [0, 0.05) is 18.3 Å². The number of aromatic nitrogens is 1. The Labute approximate surface area is 103 Å². The van der Waals surface area contributed by atoms with Crippen LogP contribution in [-0.4, -0.2) is 16.3 Å². The molecule has 2 aromatic rings. The maximum Gasteiger partial charge on any atom is 0.271 e. The predicted octanol–water partition coefficient (Wildman–Crippen LogP) is 2.28. The van der Waals surface area contributed by atoms with Crippen LogP contribution in [0.3, 0.4) is 0 Å². The Morgan fingerprint density at radius 1 is 1.22 bits per heavy atom. The number of carbonyl (C=O) groups is 1. The van der Waals surface area contributed by atoms with Gasteiger partial charge in [-0.15, -0.1) is 0 Å². The molecule has 0 aliphatic heterocycles. The van der Waals surface area contributed by atoms with Crippen molar-refractivity contribution in [1.82, 2.24) is 4.98 Å². The summed E-state index contributed by atoms with van der Waals surface area (Å²) in [5.41, 5.74) is 0.327. The number of nitrogens with zero attached hydrogens (tertiary/aromatic N) is 3. The second kappa shape index (κ2) is 5.05. The fourth-order valence-electron chi connectivity index (χ4n) is 1.50. The first kappa shape index (κ1) is 11.7. The lowest BCUT2D eigenvalue weighted by molar-refractivity contribution is -0.384. The second-order valence-corrected chi connectivity index (χ2v) is 3.44. The summed E-state index contributed by atoms with van der Waals surface area (Å²) in [6.07, 6.45) is 2.12. The quantitative estimate of drug-likeness (QED) is 0.469. The molecule has 1 aromatic heterocycles. The number of benzene rings is 1. The molecule has 1 amide bonds. The van der Waals surface area contributed by atoms with Crippen molar-refractivity contribution in [3.8, 4) is 0 Å². The molecule has 0 unspecified atom stereocenters. The van der Waals surface area contributed by atoms with Crippen molar-refractivity contribution in [2.24, 2.45) is 0 Å². The molecule has 0 N–H and O–H groups in total. The number of non-ortho nitro benzene ring substituents is 1. The Bertz CT molecular complexity index is 572. The molecule has 0 spiro atoms. The van der Waals surface area contributed by atoms with Gasteiger partial charge in [0.1, 0.15) is 5.82 Å². The fraction of sp³-hybridized carbons (Fsp3) is 0. The molecule has 1 heterocycles. The van der Waals surface area contributed by atoms with Gasteiger partial charge in [-0.3, -0.25) is 19.8 Å². The standard InChI is InChI=1S/C12H9N3O3/c16-9-14(12-6-1-2-7-13-12)10-4-3-5-11(8-10)15(17)18/h1-9H. The van der Waals surface area contributed by atoms with Crippen LogP contribution in [0.15, 0.2) is 48.7 Å². The van der Waals surface area contributed by atoms with Crippen LogP contribution in [0.1, 0.15) is 0 Å². The van der Waals surface area contributed by atoms with Gasteiger partial charge >= 0.3 is 0 Å². The van der Waals surface area contributed by atoms with Gasteiger partial charge in [0.15, 0.2) is 0 Å². The predicted molar refractivity (Wildman–Crippen MR) is 65.5 cm³/mol. The lowest BCUT2D eigenvalue weighted by Crippen LogP contribution is -2.15. The number of carbonyl (C=O) groups excluding carboxylic acids is 1. The van der Waals surface area contributed by atoms with Crippen LogP contribution in [0, 0.1) is 10.1 Å². The van der Waals surface area contributed by atoms with E-state index < -0.39 is 4.92 Å². The Morgan fingerprint density at radius 3 is 2.67 bits per heavy atom. The molecule has 0 fully saturated rings. The van der Waals surface area contributed by atoms with Crippen molar-refractivity contribution in [3.05, 3.63) is 58.8 Å². The highest BCUT2D eigenvalue weighted by atomic mass is 16.6. The van der Waals surface area contributed by atoms with Crippen molar-refractivity contribution < 1.29 is 9.72 Å². The van der Waals surface area contributed by atoms with E-state index in [1.165, 1.54) is 23.1 Å². The first-order valence-corrected chi connectivity index (χ1v) is 5.12. The number of amides is 1. The lowest BCUT2D eigenvalue weighted by atomic mass is 10.2. The molecule has 0 atom stereocenters. The number of anilines is 2. The molecule has 90 valence electrons. The van der Waals surface area contributed by atoms with E-state index in [-0.39, 0.29) is 5.69 Å². The van der Waals surface area contributed by atoms with Gasteiger partial charge in [-0.2, -0.15) is 0 Å². The monoisotopic (exact) mass is 243 g/mol. The zero-order chi connectivity index (χ0) is 13.0. The van der Waals surface area contributed by atoms with E-state index in [2.05, 4.69) is 4.98 Å². The van der Waals surface area contributed by atoms with Gasteiger partial charge in [-0.05, 0) is 18.2 Å². The van der Waals surface area contributed by atoms with E-state index in [4.69, 9.17) is 0 Å². The molecule has 0 saturated heterocycles. The third-order valence-corrected chi connectivity index (χ3v) is 2.32. The molecule has 6 heteroatoms. The molecule has 0 bridgehead atoms. The van der Waals surface area contributed by atoms with Crippen LogP contribution in [0.5, 0.6) is 0 Å². The average Bonchev–Trinajstić information content (AvgIpc) is 2.41. The summed E-state index contributed by atoms with van der Waals surface area (Å²) in [5, 5.41) is 10.7. The highest BCUT2D eigenvalue weighted by Gasteiger charge is 2.12. The van der Waals surface area contributed by atoms with E-state index in [0.29, 0.717) is 17.9 Å². The van der Waals surface area contributed by atoms with E-state index in [1.54, 1.807) is 30.5 Å². The smallest absolute Gasteiger partial charge is 0.271 e. The molecule has 0 radical (unpaired) electrons. The molecule has 0 saturated carbocycles. The highest BCUT2D eigenvalue weighted by Crippen LogP contribution is 2.25. The molecule has 6 nitrogen and oxygen atoms in total. The van der Waals surface area contributed by atoms with E-state index >= 15 is 0 Å². The number of rotatable bonds is 4. The summed E-state index contributed by atoms with van der Waals surface area (Å²) in [6.45, 7) is 0. The Morgan fingerprint density at radius 2 is 2.06 bits per heavy atom. The average molecular weight is 243 g/mol. The van der Waals surface area contributed by atoms with E-state index in [0.717, 1.165) is 0 Å². The van der Waals surface area contributed by atoms with Crippen molar-refractivity contribution in [1.29, 1.82) is 0 Å². The van der Waals surface area contributed by atoms with Crippen molar-refractivity contribution in [3.63, 3.8) is 0 Å². The largest absolute Gasteiger partial charge is 0.278 e. The first-order chi connectivity index (χ1) is 8.72. The lowest BCUT2D eigenvalue weighted by Gasteiger charge is -2.15. The SMILES string of the molecule is O=CN(c1cccc([N+](=O)[O-])c1)c1ccccn1. The van der Waals surface area contributed by atoms with Gasteiger partial charge in [0.25, 0.3) is 5.69 Å². The van der Waals surface area contributed by atoms with Crippen molar-refractivity contribution in [2.75, 3.05) is 4.90 Å². The topological polar surface area (TPSA) is 76.3 Å². The molecular formula is C12H9N3O3. The van der Waals surface area contributed by atoms with Crippen LogP contribution in [0.4, 0.5) is 17.2 Å². The van der Waals surface area contributed by atoms with Gasteiger partial charge < -0.3 is 0 Å². The molecule has 2 rings (SSSR count). The minimum Gasteiger partial charge on any atom is -0.278 e. The minimum atomic E-state index is -0.509.